The lowest BCUT2D eigenvalue weighted by molar-refractivity contribution is 0.574. The van der Waals surface area contributed by atoms with E-state index in [1.54, 1.807) is 22.7 Å². The van der Waals surface area contributed by atoms with Crippen LogP contribution in [0.2, 0.25) is 0 Å². The molecule has 2 N–H and O–H groups in total. The van der Waals surface area contributed by atoms with Gasteiger partial charge >= 0.3 is 0 Å². The maximum absolute atomic E-state index is 12.9. The molecule has 0 atom stereocenters. The average molecular weight is 455 g/mol. The van der Waals surface area contributed by atoms with Gasteiger partial charge in [0.05, 0.1) is 9.90 Å². The van der Waals surface area contributed by atoms with Gasteiger partial charge in [0.15, 0.2) is 5.13 Å². The third-order valence-electron chi connectivity index (χ3n) is 4.20. The van der Waals surface area contributed by atoms with E-state index >= 15 is 0 Å². The smallest absolute Gasteiger partial charge is 0.240 e. The minimum Gasteiger partial charge on any atom is -0.362 e. The number of hydrogen-bond donors (Lipinski definition) is 2. The predicted octanol–water partition coefficient (Wildman–Crippen LogP) is 4.58. The van der Waals surface area contributed by atoms with Gasteiger partial charge in [0.1, 0.15) is 17.2 Å². The van der Waals surface area contributed by atoms with Gasteiger partial charge < -0.3 is 5.32 Å². The second-order valence-corrected chi connectivity index (χ2v) is 10.5. The summed E-state index contributed by atoms with van der Waals surface area (Å²) in [6.07, 6.45) is 2.51. The van der Waals surface area contributed by atoms with Gasteiger partial charge in [-0.1, -0.05) is 6.42 Å². The van der Waals surface area contributed by atoms with Gasteiger partial charge in [-0.25, -0.2) is 27.5 Å². The summed E-state index contributed by atoms with van der Waals surface area (Å²) in [5.41, 5.74) is 1.85. The first-order valence-electron chi connectivity index (χ1n) is 9.24. The molecule has 10 heteroatoms. The van der Waals surface area contributed by atoms with Crippen molar-refractivity contribution in [3.05, 3.63) is 45.3 Å². The SMILES string of the molecule is Cc1nc(-c2csc(NCCCCCNS(=O)(=O)c3ccc(F)cc3)n2)c(C)s1. The maximum Gasteiger partial charge on any atom is 0.240 e. The third-order valence-corrected chi connectivity index (χ3v) is 7.36. The molecule has 3 rings (SSSR count). The molecule has 1 aromatic carbocycles. The number of sulfonamides is 1. The Morgan fingerprint density at radius 2 is 1.76 bits per heavy atom. The minimum atomic E-state index is -3.58. The van der Waals surface area contributed by atoms with Crippen LogP contribution in [0.4, 0.5) is 9.52 Å². The molecule has 29 heavy (non-hydrogen) atoms. The second kappa shape index (κ2) is 9.75. The van der Waals surface area contributed by atoms with E-state index in [0.29, 0.717) is 6.54 Å². The molecule has 0 bridgehead atoms. The van der Waals surface area contributed by atoms with Crippen LogP contribution in [0.5, 0.6) is 0 Å². The molecule has 2 aromatic heterocycles. The topological polar surface area (TPSA) is 84.0 Å². The van der Waals surface area contributed by atoms with E-state index in [9.17, 15) is 12.8 Å². The minimum absolute atomic E-state index is 0.0747. The number of hydrogen-bond acceptors (Lipinski definition) is 7. The summed E-state index contributed by atoms with van der Waals surface area (Å²) in [6, 6.07) is 4.80. The summed E-state index contributed by atoms with van der Waals surface area (Å²) in [4.78, 5) is 10.4. The van der Waals surface area contributed by atoms with Crippen molar-refractivity contribution in [1.82, 2.24) is 14.7 Å². The number of aromatic nitrogens is 2. The van der Waals surface area contributed by atoms with Crippen molar-refractivity contribution < 1.29 is 12.8 Å². The zero-order chi connectivity index (χ0) is 20.9. The van der Waals surface area contributed by atoms with E-state index in [-0.39, 0.29) is 4.90 Å². The first-order valence-corrected chi connectivity index (χ1v) is 12.4. The zero-order valence-corrected chi connectivity index (χ0v) is 18.7. The summed E-state index contributed by atoms with van der Waals surface area (Å²) in [5, 5.41) is 7.22. The number of nitrogens with one attached hydrogen (secondary N) is 2. The number of unbranched alkanes of at least 4 members (excludes halogenated alkanes) is 2. The number of rotatable bonds is 10. The molecule has 0 aliphatic rings. The van der Waals surface area contributed by atoms with Crippen LogP contribution in [-0.2, 0) is 10.0 Å². The Hall–Kier alpha value is -1.88. The molecule has 0 aliphatic carbocycles. The van der Waals surface area contributed by atoms with Crippen LogP contribution in [0.25, 0.3) is 11.4 Å². The molecular weight excluding hydrogens is 431 g/mol. The first kappa shape index (κ1) is 21.8. The summed E-state index contributed by atoms with van der Waals surface area (Å²) < 4.78 is 39.7. The van der Waals surface area contributed by atoms with Gasteiger partial charge in [-0.15, -0.1) is 22.7 Å². The number of nitrogens with zero attached hydrogens (tertiary/aromatic N) is 2. The highest BCUT2D eigenvalue weighted by molar-refractivity contribution is 7.89. The standard InChI is InChI=1S/C19H23FN4O2S3/c1-13-18(23-14(2)28-13)17-12-27-19(24-17)21-10-4-3-5-11-22-29(25,26)16-8-6-15(20)7-9-16/h6-9,12,22H,3-5,10-11H2,1-2H3,(H,21,24). The van der Waals surface area contributed by atoms with Crippen molar-refractivity contribution in [2.24, 2.45) is 0 Å². The van der Waals surface area contributed by atoms with Gasteiger partial charge in [0, 0.05) is 23.3 Å². The van der Waals surface area contributed by atoms with E-state index in [1.165, 1.54) is 17.0 Å². The van der Waals surface area contributed by atoms with E-state index in [1.807, 2.05) is 12.3 Å². The normalized spacial score (nSPS) is 11.7. The van der Waals surface area contributed by atoms with Gasteiger partial charge in [0.25, 0.3) is 0 Å². The Bertz CT molecular complexity index is 1050. The molecule has 0 fully saturated rings. The lowest BCUT2D eigenvalue weighted by atomic mass is 10.2. The van der Waals surface area contributed by atoms with Crippen molar-refractivity contribution in [2.45, 2.75) is 38.0 Å². The summed E-state index contributed by atoms with van der Waals surface area (Å²) in [7, 11) is -3.58. The molecule has 0 amide bonds. The van der Waals surface area contributed by atoms with Crippen LogP contribution < -0.4 is 10.0 Å². The number of halogens is 1. The monoisotopic (exact) mass is 454 g/mol. The average Bonchev–Trinajstić information content (AvgIpc) is 3.27. The van der Waals surface area contributed by atoms with Crippen molar-refractivity contribution in [2.75, 3.05) is 18.4 Å². The summed E-state index contributed by atoms with van der Waals surface area (Å²) in [6.45, 7) is 5.17. The van der Waals surface area contributed by atoms with Crippen molar-refractivity contribution >= 4 is 37.8 Å². The predicted molar refractivity (Wildman–Crippen MR) is 117 cm³/mol. The molecule has 156 valence electrons. The Labute approximate surface area is 178 Å². The fourth-order valence-electron chi connectivity index (χ4n) is 2.76. The van der Waals surface area contributed by atoms with Crippen LogP contribution in [-0.4, -0.2) is 31.5 Å². The second-order valence-electron chi connectivity index (χ2n) is 6.51. The lowest BCUT2D eigenvalue weighted by Gasteiger charge is -2.07. The van der Waals surface area contributed by atoms with Crippen LogP contribution >= 0.6 is 22.7 Å². The summed E-state index contributed by atoms with van der Waals surface area (Å²) >= 11 is 3.23. The molecule has 6 nitrogen and oxygen atoms in total. The quantitative estimate of drug-likeness (QED) is 0.438. The Morgan fingerprint density at radius 3 is 2.45 bits per heavy atom. The van der Waals surface area contributed by atoms with E-state index in [4.69, 9.17) is 0 Å². The molecule has 0 aliphatic heterocycles. The summed E-state index contributed by atoms with van der Waals surface area (Å²) in [5.74, 6) is -0.458. The number of anilines is 1. The Morgan fingerprint density at radius 1 is 1.03 bits per heavy atom. The molecule has 0 spiro atoms. The Balaban J connectivity index is 1.35. The van der Waals surface area contributed by atoms with Gasteiger partial charge in [0.2, 0.25) is 10.0 Å². The van der Waals surface area contributed by atoms with Crippen molar-refractivity contribution in [1.29, 1.82) is 0 Å². The van der Waals surface area contributed by atoms with Crippen molar-refractivity contribution in [3.63, 3.8) is 0 Å². The highest BCUT2D eigenvalue weighted by atomic mass is 32.2. The number of benzene rings is 1. The van der Waals surface area contributed by atoms with E-state index in [2.05, 4.69) is 26.9 Å². The molecule has 2 heterocycles. The van der Waals surface area contributed by atoms with Gasteiger partial charge in [-0.2, -0.15) is 0 Å². The zero-order valence-electron chi connectivity index (χ0n) is 16.2. The van der Waals surface area contributed by atoms with Crippen LogP contribution in [0.1, 0.15) is 29.1 Å². The first-order chi connectivity index (χ1) is 13.8. The molecule has 0 unspecified atom stereocenters. The van der Waals surface area contributed by atoms with Gasteiger partial charge in [-0.05, 0) is 51.0 Å². The van der Waals surface area contributed by atoms with Crippen LogP contribution in [0.15, 0.2) is 34.5 Å². The molecule has 0 saturated heterocycles. The van der Waals surface area contributed by atoms with Crippen LogP contribution in [0.3, 0.4) is 0 Å². The van der Waals surface area contributed by atoms with Gasteiger partial charge in [-0.3, -0.25) is 0 Å². The molecule has 0 radical (unpaired) electrons. The number of aryl methyl sites for hydroxylation is 2. The van der Waals surface area contributed by atoms with Crippen LogP contribution in [0, 0.1) is 19.7 Å². The number of thiazole rings is 2. The fourth-order valence-corrected chi connectivity index (χ4v) is 5.38. The molecule has 3 aromatic rings. The van der Waals surface area contributed by atoms with E-state index in [0.717, 1.165) is 59.5 Å². The molecule has 0 saturated carbocycles. The maximum atomic E-state index is 12.9. The van der Waals surface area contributed by atoms with E-state index < -0.39 is 15.8 Å². The third kappa shape index (κ3) is 6.05. The largest absolute Gasteiger partial charge is 0.362 e. The highest BCUT2D eigenvalue weighted by Gasteiger charge is 2.13. The highest BCUT2D eigenvalue weighted by Crippen LogP contribution is 2.29. The lowest BCUT2D eigenvalue weighted by Crippen LogP contribution is -2.24. The molecular formula is C19H23FN4O2S3. The fraction of sp³-hybridized carbons (Fsp3) is 0.368. The Kier molecular flexibility index (Phi) is 7.33. The van der Waals surface area contributed by atoms with Crippen molar-refractivity contribution in [3.8, 4) is 11.4 Å².